The van der Waals surface area contributed by atoms with Gasteiger partial charge in [0.2, 0.25) is 0 Å². The summed E-state index contributed by atoms with van der Waals surface area (Å²) in [7, 11) is 0. The van der Waals surface area contributed by atoms with E-state index in [2.05, 4.69) is 18.7 Å². The molecular formula is C12H22N2. The van der Waals surface area contributed by atoms with E-state index in [0.717, 1.165) is 12.4 Å². The highest BCUT2D eigenvalue weighted by atomic mass is 15.2. The van der Waals surface area contributed by atoms with Gasteiger partial charge in [-0.15, -0.1) is 0 Å². The minimum atomic E-state index is 0.250. The van der Waals surface area contributed by atoms with Gasteiger partial charge < -0.3 is 4.90 Å². The first kappa shape index (κ1) is 10.0. The molecular weight excluding hydrogens is 172 g/mol. The average Bonchev–Trinajstić information content (AvgIpc) is 2.71. The molecule has 0 aromatic rings. The fourth-order valence-corrected chi connectivity index (χ4v) is 2.97. The summed E-state index contributed by atoms with van der Waals surface area (Å²) < 4.78 is 0. The number of nitrogens with one attached hydrogen (secondary N) is 1. The second kappa shape index (κ2) is 3.56. The molecule has 0 aromatic heterocycles. The molecule has 1 heterocycles. The number of nitrogens with zero attached hydrogens (tertiary/aromatic N) is 1. The summed E-state index contributed by atoms with van der Waals surface area (Å²) in [4.78, 5) is 2.35. The zero-order valence-electron chi connectivity index (χ0n) is 9.47. The van der Waals surface area contributed by atoms with Gasteiger partial charge in [0.25, 0.3) is 0 Å². The van der Waals surface area contributed by atoms with Crippen LogP contribution in [0.4, 0.5) is 0 Å². The number of hydrogen-bond donors (Lipinski definition) is 1. The van der Waals surface area contributed by atoms with Crippen molar-refractivity contribution < 1.29 is 0 Å². The van der Waals surface area contributed by atoms with Gasteiger partial charge in [0, 0.05) is 18.0 Å². The molecule has 1 aliphatic carbocycles. The van der Waals surface area contributed by atoms with Crippen molar-refractivity contribution in [2.45, 2.75) is 57.9 Å². The lowest BCUT2D eigenvalue weighted by Gasteiger charge is -2.36. The minimum absolute atomic E-state index is 0.250. The third-order valence-electron chi connectivity index (χ3n) is 3.93. The van der Waals surface area contributed by atoms with Crippen LogP contribution >= 0.6 is 0 Å². The van der Waals surface area contributed by atoms with Crippen LogP contribution in [0.25, 0.3) is 0 Å². The summed E-state index contributed by atoms with van der Waals surface area (Å²) >= 11 is 0. The van der Waals surface area contributed by atoms with Crippen LogP contribution in [-0.4, -0.2) is 22.8 Å². The van der Waals surface area contributed by atoms with Crippen LogP contribution in [-0.2, 0) is 0 Å². The van der Waals surface area contributed by atoms with Gasteiger partial charge in [-0.1, -0.05) is 12.8 Å². The first-order valence-electron chi connectivity index (χ1n) is 5.97. The lowest BCUT2D eigenvalue weighted by atomic mass is 9.99. The number of hydrogen-bond acceptors (Lipinski definition) is 1. The molecule has 0 radical (unpaired) electrons. The van der Waals surface area contributed by atoms with E-state index in [1.807, 2.05) is 0 Å². The standard InChI is InChI=1S/C12H22N2/c1-12(2)8-5-9-14(12)11(13)10-6-3-4-7-10/h10,13H,3-9H2,1-2H3. The predicted octanol–water partition coefficient (Wildman–Crippen LogP) is 3.03. The lowest BCUT2D eigenvalue weighted by molar-refractivity contribution is 0.266. The first-order chi connectivity index (χ1) is 6.61. The highest BCUT2D eigenvalue weighted by Crippen LogP contribution is 2.34. The van der Waals surface area contributed by atoms with Crippen LogP contribution in [0.1, 0.15) is 52.4 Å². The molecule has 2 nitrogen and oxygen atoms in total. The normalized spacial score (nSPS) is 27.1. The number of rotatable bonds is 1. The fourth-order valence-electron chi connectivity index (χ4n) is 2.97. The monoisotopic (exact) mass is 194 g/mol. The van der Waals surface area contributed by atoms with Crippen molar-refractivity contribution in [2.24, 2.45) is 5.92 Å². The zero-order valence-corrected chi connectivity index (χ0v) is 9.47. The van der Waals surface area contributed by atoms with E-state index >= 15 is 0 Å². The largest absolute Gasteiger partial charge is 0.355 e. The van der Waals surface area contributed by atoms with Crippen molar-refractivity contribution in [1.82, 2.24) is 4.90 Å². The molecule has 0 atom stereocenters. The van der Waals surface area contributed by atoms with E-state index in [0.29, 0.717) is 5.92 Å². The topological polar surface area (TPSA) is 27.1 Å². The maximum Gasteiger partial charge on any atom is 0.0993 e. The SMILES string of the molecule is CC1(C)CCCN1C(=N)C1CCCC1. The molecule has 2 rings (SSSR count). The van der Waals surface area contributed by atoms with Crippen molar-refractivity contribution in [3.05, 3.63) is 0 Å². The summed E-state index contributed by atoms with van der Waals surface area (Å²) in [6, 6.07) is 0. The van der Waals surface area contributed by atoms with Gasteiger partial charge in [-0.25, -0.2) is 0 Å². The summed E-state index contributed by atoms with van der Waals surface area (Å²) in [6.07, 6.45) is 7.70. The molecule has 2 fully saturated rings. The van der Waals surface area contributed by atoms with Crippen LogP contribution < -0.4 is 0 Å². The van der Waals surface area contributed by atoms with E-state index in [9.17, 15) is 0 Å². The maximum atomic E-state index is 8.26. The summed E-state index contributed by atoms with van der Waals surface area (Å²) in [5.41, 5.74) is 0.250. The van der Waals surface area contributed by atoms with E-state index in [-0.39, 0.29) is 5.54 Å². The van der Waals surface area contributed by atoms with Gasteiger partial charge in [0.1, 0.15) is 0 Å². The average molecular weight is 194 g/mol. The first-order valence-corrected chi connectivity index (χ1v) is 5.97. The fraction of sp³-hybridized carbons (Fsp3) is 0.917. The molecule has 0 aromatic carbocycles. The second-order valence-electron chi connectivity index (χ2n) is 5.43. The van der Waals surface area contributed by atoms with Crippen molar-refractivity contribution in [1.29, 1.82) is 5.41 Å². The van der Waals surface area contributed by atoms with Crippen LogP contribution in [0.5, 0.6) is 0 Å². The van der Waals surface area contributed by atoms with Gasteiger partial charge in [0.15, 0.2) is 0 Å². The van der Waals surface area contributed by atoms with Gasteiger partial charge >= 0.3 is 0 Å². The Labute approximate surface area is 87.2 Å². The molecule has 0 unspecified atom stereocenters. The van der Waals surface area contributed by atoms with Gasteiger partial charge in [-0.05, 0) is 39.5 Å². The molecule has 0 bridgehead atoms. The predicted molar refractivity (Wildman–Crippen MR) is 59.7 cm³/mol. The quantitative estimate of drug-likeness (QED) is 0.504. The van der Waals surface area contributed by atoms with Gasteiger partial charge in [0.05, 0.1) is 5.84 Å². The van der Waals surface area contributed by atoms with Crippen LogP contribution in [0, 0.1) is 11.3 Å². The van der Waals surface area contributed by atoms with E-state index in [1.54, 1.807) is 0 Å². The smallest absolute Gasteiger partial charge is 0.0993 e. The lowest BCUT2D eigenvalue weighted by Crippen LogP contribution is -2.44. The Morgan fingerprint density at radius 2 is 1.86 bits per heavy atom. The number of amidine groups is 1. The highest BCUT2D eigenvalue weighted by molar-refractivity contribution is 5.82. The molecule has 2 heteroatoms. The Hall–Kier alpha value is -0.530. The second-order valence-corrected chi connectivity index (χ2v) is 5.43. The molecule has 1 saturated heterocycles. The highest BCUT2D eigenvalue weighted by Gasteiger charge is 2.36. The molecule has 0 spiro atoms. The van der Waals surface area contributed by atoms with Crippen molar-refractivity contribution in [2.75, 3.05) is 6.54 Å². The van der Waals surface area contributed by atoms with Crippen LogP contribution in [0.3, 0.4) is 0 Å². The molecule has 1 aliphatic heterocycles. The van der Waals surface area contributed by atoms with E-state index in [1.165, 1.54) is 38.5 Å². The molecule has 14 heavy (non-hydrogen) atoms. The van der Waals surface area contributed by atoms with Crippen LogP contribution in [0.15, 0.2) is 0 Å². The Kier molecular flexibility index (Phi) is 2.54. The van der Waals surface area contributed by atoms with Gasteiger partial charge in [-0.3, -0.25) is 5.41 Å². The maximum absolute atomic E-state index is 8.26. The van der Waals surface area contributed by atoms with Crippen molar-refractivity contribution >= 4 is 5.84 Å². The summed E-state index contributed by atoms with van der Waals surface area (Å²) in [5.74, 6) is 1.51. The number of likely N-dealkylation sites (tertiary alicyclic amines) is 1. The Bertz CT molecular complexity index is 226. The molecule has 2 aliphatic rings. The van der Waals surface area contributed by atoms with Crippen molar-refractivity contribution in [3.8, 4) is 0 Å². The summed E-state index contributed by atoms with van der Waals surface area (Å²) in [6.45, 7) is 5.68. The van der Waals surface area contributed by atoms with Gasteiger partial charge in [-0.2, -0.15) is 0 Å². The summed E-state index contributed by atoms with van der Waals surface area (Å²) in [5, 5.41) is 8.26. The van der Waals surface area contributed by atoms with E-state index in [4.69, 9.17) is 5.41 Å². The van der Waals surface area contributed by atoms with E-state index < -0.39 is 0 Å². The minimum Gasteiger partial charge on any atom is -0.355 e. The molecule has 80 valence electrons. The molecule has 1 N–H and O–H groups in total. The molecule has 1 saturated carbocycles. The van der Waals surface area contributed by atoms with Crippen molar-refractivity contribution in [3.63, 3.8) is 0 Å². The Morgan fingerprint density at radius 1 is 1.21 bits per heavy atom. The molecule has 0 amide bonds. The third-order valence-corrected chi connectivity index (χ3v) is 3.93. The Balaban J connectivity index is 2.03. The Morgan fingerprint density at radius 3 is 2.36 bits per heavy atom. The zero-order chi connectivity index (χ0) is 10.2. The third kappa shape index (κ3) is 1.67. The van der Waals surface area contributed by atoms with Crippen LogP contribution in [0.2, 0.25) is 0 Å².